The van der Waals surface area contributed by atoms with Crippen molar-refractivity contribution in [2.24, 2.45) is 5.16 Å². The molecule has 0 spiro atoms. The quantitative estimate of drug-likeness (QED) is 0.338. The topological polar surface area (TPSA) is 51.0 Å². The minimum Gasteiger partial charge on any atom is -0.497 e. The van der Waals surface area contributed by atoms with Gasteiger partial charge in [0.2, 0.25) is 3.79 Å². The average molecular weight is 389 g/mol. The molecule has 128 valence electrons. The lowest BCUT2D eigenvalue weighted by atomic mass is 9.91. The Morgan fingerprint density at radius 3 is 1.75 bits per heavy atom. The third-order valence-corrected chi connectivity index (χ3v) is 4.20. The molecule has 24 heavy (non-hydrogen) atoms. The van der Waals surface area contributed by atoms with Crippen LogP contribution >= 0.6 is 34.8 Å². The number of alkyl halides is 3. The SMILES string of the molecule is COc1ccc(/C(=N/O)[C@@H](c2ccc(OC)cc2)C(Cl)(Cl)Cl)cc1. The summed E-state index contributed by atoms with van der Waals surface area (Å²) in [6, 6.07) is 14.0. The van der Waals surface area contributed by atoms with Crippen molar-refractivity contribution >= 4 is 40.5 Å². The van der Waals surface area contributed by atoms with Crippen LogP contribution in [0.1, 0.15) is 17.0 Å². The van der Waals surface area contributed by atoms with E-state index in [2.05, 4.69) is 5.16 Å². The molecule has 0 radical (unpaired) electrons. The number of ether oxygens (including phenoxy) is 2. The van der Waals surface area contributed by atoms with Crippen LogP contribution in [0.4, 0.5) is 0 Å². The first-order valence-corrected chi connectivity index (χ1v) is 8.11. The lowest BCUT2D eigenvalue weighted by molar-refractivity contribution is 0.317. The van der Waals surface area contributed by atoms with Crippen molar-refractivity contribution in [1.29, 1.82) is 0 Å². The van der Waals surface area contributed by atoms with Crippen LogP contribution in [0.25, 0.3) is 0 Å². The molecular formula is C17H16Cl3NO3. The molecule has 1 N–H and O–H groups in total. The van der Waals surface area contributed by atoms with Gasteiger partial charge < -0.3 is 14.7 Å². The second kappa shape index (κ2) is 7.97. The zero-order valence-corrected chi connectivity index (χ0v) is 15.3. The van der Waals surface area contributed by atoms with E-state index in [0.717, 1.165) is 0 Å². The highest BCUT2D eigenvalue weighted by atomic mass is 35.6. The van der Waals surface area contributed by atoms with Crippen molar-refractivity contribution in [1.82, 2.24) is 0 Å². The number of nitrogens with zero attached hydrogens (tertiary/aromatic N) is 1. The number of hydrogen-bond donors (Lipinski definition) is 1. The van der Waals surface area contributed by atoms with Crippen molar-refractivity contribution in [3.8, 4) is 11.5 Å². The zero-order chi connectivity index (χ0) is 17.7. The van der Waals surface area contributed by atoms with Crippen molar-refractivity contribution in [2.45, 2.75) is 9.71 Å². The summed E-state index contributed by atoms with van der Waals surface area (Å²) in [5.41, 5.74) is 1.53. The molecule has 0 bridgehead atoms. The third-order valence-electron chi connectivity index (χ3n) is 3.54. The van der Waals surface area contributed by atoms with E-state index < -0.39 is 9.71 Å². The summed E-state index contributed by atoms with van der Waals surface area (Å²) >= 11 is 18.5. The van der Waals surface area contributed by atoms with Crippen LogP contribution in [0.2, 0.25) is 0 Å². The molecule has 0 heterocycles. The largest absolute Gasteiger partial charge is 0.497 e. The van der Waals surface area contributed by atoms with Crippen molar-refractivity contribution < 1.29 is 14.7 Å². The first-order valence-electron chi connectivity index (χ1n) is 6.97. The summed E-state index contributed by atoms with van der Waals surface area (Å²) < 4.78 is 8.55. The highest BCUT2D eigenvalue weighted by Crippen LogP contribution is 2.44. The Morgan fingerprint density at radius 2 is 1.38 bits per heavy atom. The van der Waals surface area contributed by atoms with Gasteiger partial charge >= 0.3 is 0 Å². The first-order chi connectivity index (χ1) is 11.4. The molecular weight excluding hydrogens is 373 g/mol. The van der Waals surface area contributed by atoms with Crippen LogP contribution in [0.3, 0.4) is 0 Å². The maximum absolute atomic E-state index is 9.56. The van der Waals surface area contributed by atoms with Gasteiger partial charge in [-0.3, -0.25) is 0 Å². The number of oxime groups is 1. The van der Waals surface area contributed by atoms with E-state index in [-0.39, 0.29) is 5.71 Å². The summed E-state index contributed by atoms with van der Waals surface area (Å²) in [6.45, 7) is 0. The third kappa shape index (κ3) is 4.26. The fourth-order valence-corrected chi connectivity index (χ4v) is 3.03. The van der Waals surface area contributed by atoms with E-state index >= 15 is 0 Å². The molecule has 2 aromatic rings. The second-order valence-electron chi connectivity index (χ2n) is 4.96. The van der Waals surface area contributed by atoms with Crippen LogP contribution < -0.4 is 9.47 Å². The molecule has 4 nitrogen and oxygen atoms in total. The van der Waals surface area contributed by atoms with E-state index in [1.807, 2.05) is 0 Å². The molecule has 7 heteroatoms. The molecule has 2 aromatic carbocycles. The van der Waals surface area contributed by atoms with Gasteiger partial charge in [-0.1, -0.05) is 52.1 Å². The number of hydrogen-bond acceptors (Lipinski definition) is 4. The predicted octanol–water partition coefficient (Wildman–Crippen LogP) is 5.04. The lowest BCUT2D eigenvalue weighted by Crippen LogP contribution is -2.27. The summed E-state index contributed by atoms with van der Waals surface area (Å²) in [6.07, 6.45) is 0. The minimum atomic E-state index is -1.71. The Bertz CT molecular complexity index is 695. The smallest absolute Gasteiger partial charge is 0.203 e. The Morgan fingerprint density at radius 1 is 0.917 bits per heavy atom. The van der Waals surface area contributed by atoms with Crippen LogP contribution in [0, 0.1) is 0 Å². The van der Waals surface area contributed by atoms with Gasteiger partial charge in [-0.2, -0.15) is 0 Å². The Hall–Kier alpha value is -1.62. The van der Waals surface area contributed by atoms with Crippen molar-refractivity contribution in [2.75, 3.05) is 14.2 Å². The number of methoxy groups -OCH3 is 2. The van der Waals surface area contributed by atoms with Gasteiger partial charge in [0.15, 0.2) is 0 Å². The fraction of sp³-hybridized carbons (Fsp3) is 0.235. The first kappa shape index (κ1) is 18.7. The van der Waals surface area contributed by atoms with Crippen LogP contribution in [-0.4, -0.2) is 28.9 Å². The predicted molar refractivity (Wildman–Crippen MR) is 97.3 cm³/mol. The Kier molecular flexibility index (Phi) is 6.21. The lowest BCUT2D eigenvalue weighted by Gasteiger charge is -2.26. The van der Waals surface area contributed by atoms with Crippen LogP contribution in [-0.2, 0) is 0 Å². The van der Waals surface area contributed by atoms with E-state index in [4.69, 9.17) is 44.3 Å². The standard InChI is InChI=1S/C17H16Cl3NO3/c1-23-13-7-3-11(4-8-13)15(17(18,19)20)16(21-22)12-5-9-14(24-2)10-6-12/h3-10,15,22H,1-2H3/b21-16-/t15-/m1/s1. The monoisotopic (exact) mass is 387 g/mol. The summed E-state index contributed by atoms with van der Waals surface area (Å²) in [7, 11) is 3.14. The normalized spacial score (nSPS) is 13.5. The fourth-order valence-electron chi connectivity index (χ4n) is 2.34. The second-order valence-corrected chi connectivity index (χ2v) is 7.33. The number of rotatable bonds is 5. The van der Waals surface area contributed by atoms with Gasteiger partial charge in [0.25, 0.3) is 0 Å². The maximum atomic E-state index is 9.56. The van der Waals surface area contributed by atoms with Crippen LogP contribution in [0.15, 0.2) is 53.7 Å². The van der Waals surface area contributed by atoms with Gasteiger partial charge in [-0.25, -0.2) is 0 Å². The van der Waals surface area contributed by atoms with Crippen LogP contribution in [0.5, 0.6) is 11.5 Å². The highest BCUT2D eigenvalue weighted by molar-refractivity contribution is 6.69. The molecule has 0 aliphatic rings. The summed E-state index contributed by atoms with van der Waals surface area (Å²) in [5, 5.41) is 12.9. The molecule has 2 rings (SSSR count). The molecule has 0 saturated heterocycles. The highest BCUT2D eigenvalue weighted by Gasteiger charge is 2.39. The van der Waals surface area contributed by atoms with E-state index in [9.17, 15) is 5.21 Å². The van der Waals surface area contributed by atoms with Gasteiger partial charge in [-0.15, -0.1) is 0 Å². The van der Waals surface area contributed by atoms with Crippen molar-refractivity contribution in [3.05, 3.63) is 59.7 Å². The minimum absolute atomic E-state index is 0.239. The zero-order valence-electron chi connectivity index (χ0n) is 13.0. The van der Waals surface area contributed by atoms with Gasteiger partial charge in [0, 0.05) is 5.56 Å². The molecule has 1 atom stereocenters. The average Bonchev–Trinajstić information content (AvgIpc) is 2.59. The Labute approximate surface area is 155 Å². The molecule has 0 aromatic heterocycles. The van der Waals surface area contributed by atoms with Gasteiger partial charge in [0.1, 0.15) is 11.5 Å². The van der Waals surface area contributed by atoms with Crippen molar-refractivity contribution in [3.63, 3.8) is 0 Å². The Balaban J connectivity index is 2.47. The summed E-state index contributed by atoms with van der Waals surface area (Å²) in [5.74, 6) is 0.575. The molecule has 0 aliphatic carbocycles. The van der Waals surface area contributed by atoms with E-state index in [1.54, 1.807) is 62.8 Å². The number of halogens is 3. The molecule has 0 amide bonds. The molecule has 0 aliphatic heterocycles. The van der Waals surface area contributed by atoms with Gasteiger partial charge in [0.05, 0.1) is 25.8 Å². The summed E-state index contributed by atoms with van der Waals surface area (Å²) in [4.78, 5) is 0. The molecule has 0 saturated carbocycles. The van der Waals surface area contributed by atoms with E-state index in [0.29, 0.717) is 22.6 Å². The number of benzene rings is 2. The molecule has 0 fully saturated rings. The maximum Gasteiger partial charge on any atom is 0.203 e. The van der Waals surface area contributed by atoms with E-state index in [1.165, 1.54) is 0 Å². The molecule has 0 unspecified atom stereocenters. The van der Waals surface area contributed by atoms with Gasteiger partial charge in [-0.05, 0) is 42.0 Å².